The Morgan fingerprint density at radius 3 is 2.12 bits per heavy atom. The fraction of sp³-hybridized carbons (Fsp3) is 0.929. The summed E-state index contributed by atoms with van der Waals surface area (Å²) in [6.07, 6.45) is 8.01. The molecule has 0 amide bonds. The first kappa shape index (κ1) is 9.49. The minimum atomic E-state index is -0.0133. The number of fused-ring (bicyclic) bond motifs is 9. The third-order valence-corrected chi connectivity index (χ3v) is 6.40. The molecule has 4 rings (SSSR count). The molecule has 2 heteroatoms. The van der Waals surface area contributed by atoms with Crippen LogP contribution in [0.3, 0.4) is 0 Å². The van der Waals surface area contributed by atoms with E-state index in [9.17, 15) is 4.79 Å². The Kier molecular flexibility index (Phi) is 1.68. The van der Waals surface area contributed by atoms with Gasteiger partial charge in [0.2, 0.25) is 0 Å². The number of esters is 1. The van der Waals surface area contributed by atoms with Crippen molar-refractivity contribution in [2.45, 2.75) is 38.5 Å². The molecule has 0 spiro atoms. The van der Waals surface area contributed by atoms with E-state index in [2.05, 4.69) is 0 Å². The number of carbonyl (C=O) groups excluding carboxylic acids is 1. The summed E-state index contributed by atoms with van der Waals surface area (Å²) in [7, 11) is 1.59. The van der Waals surface area contributed by atoms with Crippen LogP contribution in [0, 0.1) is 35.0 Å². The van der Waals surface area contributed by atoms with Crippen LogP contribution in [-0.2, 0) is 9.53 Å². The van der Waals surface area contributed by atoms with Crippen molar-refractivity contribution in [1.29, 1.82) is 0 Å². The maximum absolute atomic E-state index is 12.4. The zero-order valence-corrected chi connectivity index (χ0v) is 9.95. The first-order valence-electron chi connectivity index (χ1n) is 6.87. The Morgan fingerprint density at radius 1 is 1.06 bits per heavy atom. The Bertz CT molecular complexity index is 327. The van der Waals surface area contributed by atoms with Gasteiger partial charge in [-0.1, -0.05) is 0 Å². The van der Waals surface area contributed by atoms with E-state index in [4.69, 9.17) is 4.74 Å². The summed E-state index contributed by atoms with van der Waals surface area (Å²) in [6, 6.07) is 0. The highest BCUT2D eigenvalue weighted by Crippen LogP contribution is 2.74. The fourth-order valence-electron chi connectivity index (χ4n) is 6.24. The molecule has 4 saturated carbocycles. The molecule has 4 aliphatic rings. The smallest absolute Gasteiger partial charge is 0.312 e. The molecule has 4 bridgehead atoms. The van der Waals surface area contributed by atoms with Gasteiger partial charge in [-0.3, -0.25) is 4.79 Å². The second-order valence-electron chi connectivity index (χ2n) is 6.49. The monoisotopic (exact) mass is 220 g/mol. The molecule has 0 saturated heterocycles. The van der Waals surface area contributed by atoms with Crippen LogP contribution < -0.4 is 0 Å². The lowest BCUT2D eigenvalue weighted by Gasteiger charge is -2.44. The summed E-state index contributed by atoms with van der Waals surface area (Å²) < 4.78 is 5.21. The average molecular weight is 220 g/mol. The van der Waals surface area contributed by atoms with Crippen molar-refractivity contribution in [2.24, 2.45) is 35.0 Å². The summed E-state index contributed by atoms with van der Waals surface area (Å²) in [4.78, 5) is 12.4. The van der Waals surface area contributed by atoms with Gasteiger partial charge in [-0.05, 0) is 68.1 Å². The molecule has 0 aliphatic heterocycles. The molecule has 0 N–H and O–H groups in total. The molecule has 0 aromatic rings. The summed E-state index contributed by atoms with van der Waals surface area (Å²) in [6.45, 7) is 0. The summed E-state index contributed by atoms with van der Waals surface area (Å²) in [5, 5.41) is 0. The fourth-order valence-corrected chi connectivity index (χ4v) is 6.24. The van der Waals surface area contributed by atoms with Crippen LogP contribution in [0.4, 0.5) is 0 Å². The predicted octanol–water partition coefficient (Wildman–Crippen LogP) is 2.62. The maximum atomic E-state index is 12.4. The first-order valence-corrected chi connectivity index (χ1v) is 6.87. The Hall–Kier alpha value is -0.530. The number of hydrogen-bond donors (Lipinski definition) is 0. The van der Waals surface area contributed by atoms with Gasteiger partial charge in [-0.2, -0.15) is 0 Å². The topological polar surface area (TPSA) is 26.3 Å². The summed E-state index contributed by atoms with van der Waals surface area (Å²) >= 11 is 0. The highest BCUT2D eigenvalue weighted by molar-refractivity contribution is 5.80. The highest BCUT2D eigenvalue weighted by atomic mass is 16.5. The lowest BCUT2D eigenvalue weighted by atomic mass is 9.59. The van der Waals surface area contributed by atoms with Gasteiger partial charge in [-0.25, -0.2) is 0 Å². The van der Waals surface area contributed by atoms with E-state index < -0.39 is 0 Å². The molecule has 4 atom stereocenters. The second-order valence-corrected chi connectivity index (χ2v) is 6.49. The number of hydrogen-bond acceptors (Lipinski definition) is 2. The summed E-state index contributed by atoms with van der Waals surface area (Å²) in [5.74, 6) is 3.92. The van der Waals surface area contributed by atoms with Gasteiger partial charge in [-0.15, -0.1) is 0 Å². The van der Waals surface area contributed by atoms with Crippen molar-refractivity contribution in [3.63, 3.8) is 0 Å². The molecule has 0 aromatic carbocycles. The van der Waals surface area contributed by atoms with Crippen molar-refractivity contribution in [3.05, 3.63) is 0 Å². The highest BCUT2D eigenvalue weighted by Gasteiger charge is 2.72. The van der Waals surface area contributed by atoms with Crippen LogP contribution in [0.25, 0.3) is 0 Å². The van der Waals surface area contributed by atoms with E-state index in [1.54, 1.807) is 7.11 Å². The van der Waals surface area contributed by atoms with Crippen molar-refractivity contribution in [1.82, 2.24) is 0 Å². The van der Waals surface area contributed by atoms with Gasteiger partial charge in [0.25, 0.3) is 0 Å². The van der Waals surface area contributed by atoms with Gasteiger partial charge in [0.15, 0.2) is 0 Å². The molecule has 16 heavy (non-hydrogen) atoms. The van der Waals surface area contributed by atoms with E-state index in [1.165, 1.54) is 38.5 Å². The molecule has 0 heterocycles. The van der Waals surface area contributed by atoms with Crippen LogP contribution in [0.15, 0.2) is 0 Å². The van der Waals surface area contributed by atoms with Gasteiger partial charge in [0, 0.05) is 0 Å². The van der Waals surface area contributed by atoms with Crippen molar-refractivity contribution < 1.29 is 9.53 Å². The van der Waals surface area contributed by atoms with Crippen LogP contribution in [0.1, 0.15) is 38.5 Å². The van der Waals surface area contributed by atoms with E-state index in [-0.39, 0.29) is 11.4 Å². The van der Waals surface area contributed by atoms with Crippen LogP contribution in [0.5, 0.6) is 0 Å². The zero-order chi connectivity index (χ0) is 10.9. The first-order chi connectivity index (χ1) is 7.78. The van der Waals surface area contributed by atoms with E-state index in [0.29, 0.717) is 17.8 Å². The van der Waals surface area contributed by atoms with Crippen molar-refractivity contribution in [2.75, 3.05) is 7.11 Å². The van der Waals surface area contributed by atoms with Gasteiger partial charge < -0.3 is 4.74 Å². The second kappa shape index (κ2) is 2.83. The molecule has 2 nitrogen and oxygen atoms in total. The van der Waals surface area contributed by atoms with Gasteiger partial charge in [0.1, 0.15) is 0 Å². The minimum absolute atomic E-state index is 0.0133. The van der Waals surface area contributed by atoms with Crippen LogP contribution in [-0.4, -0.2) is 13.1 Å². The Balaban J connectivity index is 1.84. The maximum Gasteiger partial charge on any atom is 0.312 e. The Labute approximate surface area is 96.7 Å². The van der Waals surface area contributed by atoms with E-state index >= 15 is 0 Å². The number of rotatable bonds is 1. The van der Waals surface area contributed by atoms with Crippen molar-refractivity contribution in [3.8, 4) is 0 Å². The number of carbonyl (C=O) groups is 1. The molecule has 4 aliphatic carbocycles. The largest absolute Gasteiger partial charge is 0.469 e. The van der Waals surface area contributed by atoms with Gasteiger partial charge in [0.05, 0.1) is 12.5 Å². The standard InChI is InChI=1S/C14H20O2/c1-16-13(15)14-10-4-2-8(6-10)12(14)9-3-5-11(14)7-9/h8-12H,2-7H2,1H3. The van der Waals surface area contributed by atoms with E-state index in [0.717, 1.165) is 11.8 Å². The lowest BCUT2D eigenvalue weighted by molar-refractivity contribution is -0.165. The average Bonchev–Trinajstić information content (AvgIpc) is 3.04. The molecule has 0 radical (unpaired) electrons. The molecule has 0 aromatic heterocycles. The van der Waals surface area contributed by atoms with Crippen molar-refractivity contribution >= 4 is 5.97 Å². The normalized spacial score (nSPS) is 56.7. The van der Waals surface area contributed by atoms with Crippen LogP contribution in [0.2, 0.25) is 0 Å². The van der Waals surface area contributed by atoms with Gasteiger partial charge >= 0.3 is 5.97 Å². The number of methoxy groups -OCH3 is 1. The lowest BCUT2D eigenvalue weighted by Crippen LogP contribution is -2.48. The SMILES string of the molecule is COC(=O)C12C3CCC(C3)C1C1CCC2C1. The van der Waals surface area contributed by atoms with E-state index in [1.807, 2.05) is 0 Å². The molecule has 4 fully saturated rings. The molecule has 4 unspecified atom stereocenters. The number of ether oxygens (including phenoxy) is 1. The molecular weight excluding hydrogens is 200 g/mol. The quantitative estimate of drug-likeness (QED) is 0.501. The predicted molar refractivity (Wildman–Crippen MR) is 59.6 cm³/mol. The Morgan fingerprint density at radius 2 is 1.62 bits per heavy atom. The minimum Gasteiger partial charge on any atom is -0.469 e. The van der Waals surface area contributed by atoms with Crippen LogP contribution >= 0.6 is 0 Å². The third kappa shape index (κ3) is 0.791. The third-order valence-electron chi connectivity index (χ3n) is 6.40. The zero-order valence-electron chi connectivity index (χ0n) is 9.95. The molecule has 88 valence electrons. The summed E-state index contributed by atoms with van der Waals surface area (Å²) in [5.41, 5.74) is -0.0133. The molecular formula is C14H20O2.